The third kappa shape index (κ3) is 6.16. The van der Waals surface area contributed by atoms with Crippen LogP contribution in [0, 0.1) is 5.41 Å². The quantitative estimate of drug-likeness (QED) is 0.220. The fraction of sp³-hybridized carbons (Fsp3) is 0.522. The molecule has 28 heavy (non-hydrogen) atoms. The minimum atomic E-state index is -1.22. The van der Waals surface area contributed by atoms with E-state index < -0.39 is 6.29 Å². The molecule has 1 aromatic carbocycles. The number of aliphatic hydroxyl groups is 2. The zero-order chi connectivity index (χ0) is 20.7. The van der Waals surface area contributed by atoms with Crippen molar-refractivity contribution in [3.8, 4) is 0 Å². The molecule has 0 unspecified atom stereocenters. The van der Waals surface area contributed by atoms with Crippen LogP contribution in [0.4, 0.5) is 5.69 Å². The first-order valence-electron chi connectivity index (χ1n) is 9.96. The van der Waals surface area contributed by atoms with Crippen LogP contribution in [-0.4, -0.2) is 32.7 Å². The van der Waals surface area contributed by atoms with Gasteiger partial charge < -0.3 is 10.2 Å². The molecular formula is C23H33NO2SW. The van der Waals surface area contributed by atoms with Gasteiger partial charge in [-0.15, -0.1) is 0 Å². The molecule has 0 radical (unpaired) electrons. The van der Waals surface area contributed by atoms with Gasteiger partial charge in [0.25, 0.3) is 0 Å². The number of hydrogen-bond donors (Lipinski definition) is 3. The molecule has 154 valence electrons. The summed E-state index contributed by atoms with van der Waals surface area (Å²) in [7, 11) is 0. The number of aliphatic hydroxyl groups excluding tert-OH is 1. The second-order valence-electron chi connectivity index (χ2n) is 7.74. The second-order valence-corrected chi connectivity index (χ2v) is 11.0. The summed E-state index contributed by atoms with van der Waals surface area (Å²) in [6.45, 7) is 9.49. The summed E-state index contributed by atoms with van der Waals surface area (Å²) < 4.78 is 1.43. The van der Waals surface area contributed by atoms with E-state index in [0.717, 1.165) is 43.7 Å². The predicted molar refractivity (Wildman–Crippen MR) is 118 cm³/mol. The van der Waals surface area contributed by atoms with Crippen LogP contribution in [0.1, 0.15) is 53.4 Å². The van der Waals surface area contributed by atoms with Gasteiger partial charge in [-0.1, -0.05) is 12.8 Å². The number of nitrogens with one attached hydrogen (secondary N) is 1. The molecule has 2 rings (SSSR count). The third-order valence-electron chi connectivity index (χ3n) is 5.89. The van der Waals surface area contributed by atoms with Crippen molar-refractivity contribution in [1.29, 1.82) is 0 Å². The SMILES string of the molecule is CC=C(C)/C(CNc1ccc(SCC2(C(O)O)CCCC2)cc1)=C(/C)[C](C)=[W]. The molecule has 0 aliphatic heterocycles. The Morgan fingerprint density at radius 3 is 2.29 bits per heavy atom. The van der Waals surface area contributed by atoms with E-state index in [2.05, 4.69) is 63.4 Å². The molecule has 0 spiro atoms. The summed E-state index contributed by atoms with van der Waals surface area (Å²) in [5.41, 5.74) is 4.85. The normalized spacial score (nSPS) is 17.6. The number of benzene rings is 1. The van der Waals surface area contributed by atoms with E-state index in [-0.39, 0.29) is 5.41 Å². The van der Waals surface area contributed by atoms with Crippen molar-refractivity contribution in [1.82, 2.24) is 0 Å². The van der Waals surface area contributed by atoms with Crippen LogP contribution < -0.4 is 5.32 Å². The molecule has 0 aromatic heterocycles. The van der Waals surface area contributed by atoms with Crippen molar-refractivity contribution in [2.24, 2.45) is 5.41 Å². The van der Waals surface area contributed by atoms with Crippen LogP contribution in [0.25, 0.3) is 0 Å². The molecule has 3 nitrogen and oxygen atoms in total. The van der Waals surface area contributed by atoms with Gasteiger partial charge in [-0.3, -0.25) is 0 Å². The first-order valence-corrected chi connectivity index (χ1v) is 12.4. The van der Waals surface area contributed by atoms with E-state index in [0.29, 0.717) is 0 Å². The Morgan fingerprint density at radius 1 is 1.18 bits per heavy atom. The van der Waals surface area contributed by atoms with Gasteiger partial charge in [0.1, 0.15) is 0 Å². The fourth-order valence-electron chi connectivity index (χ4n) is 3.60. The fourth-order valence-corrected chi connectivity index (χ4v) is 5.26. The second kappa shape index (κ2) is 10.9. The van der Waals surface area contributed by atoms with Crippen molar-refractivity contribution in [3.63, 3.8) is 0 Å². The van der Waals surface area contributed by atoms with Gasteiger partial charge in [0.2, 0.25) is 0 Å². The van der Waals surface area contributed by atoms with Gasteiger partial charge in [0, 0.05) is 0 Å². The first kappa shape index (κ1) is 23.6. The monoisotopic (exact) mass is 571 g/mol. The van der Waals surface area contributed by atoms with Crippen LogP contribution in [-0.2, 0) is 19.4 Å². The van der Waals surface area contributed by atoms with E-state index in [1.807, 2.05) is 0 Å². The Hall–Kier alpha value is -0.672. The molecule has 3 N–H and O–H groups in total. The summed E-state index contributed by atoms with van der Waals surface area (Å²) in [6.07, 6.45) is 4.97. The molecular weight excluding hydrogens is 538 g/mol. The summed E-state index contributed by atoms with van der Waals surface area (Å²) >= 11 is 3.25. The van der Waals surface area contributed by atoms with Gasteiger partial charge >= 0.3 is 143 Å². The Bertz CT molecular complexity index is 731. The van der Waals surface area contributed by atoms with E-state index >= 15 is 0 Å². The van der Waals surface area contributed by atoms with E-state index in [4.69, 9.17) is 0 Å². The molecule has 0 bridgehead atoms. The predicted octanol–water partition coefficient (Wildman–Crippen LogP) is 5.08. The van der Waals surface area contributed by atoms with Crippen molar-refractivity contribution in [2.75, 3.05) is 17.6 Å². The standard InChI is InChI=1S/C23H33NO2S.W/c1-5-17(3)21(18(4)6-2)15-24-19-9-11-20(12-10-19)27-16-23(22(25)26)13-7-8-14-23;/h5,9-12,22,24-26H,7-8,13-16H2,1-4H3;/b17-5?,21-18-;. The Morgan fingerprint density at radius 2 is 1.79 bits per heavy atom. The Kier molecular flexibility index (Phi) is 9.21. The summed E-state index contributed by atoms with van der Waals surface area (Å²) in [5.74, 6) is 0.762. The van der Waals surface area contributed by atoms with Crippen molar-refractivity contribution in [2.45, 2.75) is 64.6 Å². The average molecular weight is 571 g/mol. The van der Waals surface area contributed by atoms with Crippen molar-refractivity contribution < 1.29 is 29.6 Å². The molecule has 0 atom stereocenters. The van der Waals surface area contributed by atoms with Crippen molar-refractivity contribution in [3.05, 3.63) is 47.1 Å². The minimum absolute atomic E-state index is 0.334. The van der Waals surface area contributed by atoms with Crippen LogP contribution in [0.5, 0.6) is 0 Å². The number of allylic oxidation sites excluding steroid dienone is 2. The summed E-state index contributed by atoms with van der Waals surface area (Å²) in [5, 5.41) is 23.2. The molecule has 1 saturated carbocycles. The Balaban J connectivity index is 1.99. The van der Waals surface area contributed by atoms with E-state index in [1.54, 1.807) is 11.8 Å². The third-order valence-corrected chi connectivity index (χ3v) is 8.31. The van der Waals surface area contributed by atoms with E-state index in [9.17, 15) is 10.2 Å². The molecule has 1 aliphatic rings. The molecule has 1 aliphatic carbocycles. The van der Waals surface area contributed by atoms with Gasteiger partial charge in [-0.25, -0.2) is 0 Å². The van der Waals surface area contributed by atoms with Crippen LogP contribution >= 0.6 is 11.8 Å². The topological polar surface area (TPSA) is 52.5 Å². The zero-order valence-electron chi connectivity index (χ0n) is 17.4. The Labute approximate surface area is 185 Å². The van der Waals surface area contributed by atoms with Gasteiger partial charge in [-0.05, 0) is 12.8 Å². The summed E-state index contributed by atoms with van der Waals surface area (Å²) in [4.78, 5) is 1.18. The molecule has 5 heteroatoms. The number of hydrogen-bond acceptors (Lipinski definition) is 4. The van der Waals surface area contributed by atoms with Gasteiger partial charge in [0.15, 0.2) is 6.29 Å². The number of anilines is 1. The molecule has 0 amide bonds. The van der Waals surface area contributed by atoms with Crippen molar-refractivity contribution >= 4 is 21.3 Å². The number of thioether (sulfide) groups is 1. The maximum atomic E-state index is 9.82. The molecule has 1 aromatic rings. The first-order chi connectivity index (χ1) is 13.3. The van der Waals surface area contributed by atoms with E-state index in [1.165, 1.54) is 44.9 Å². The molecule has 0 saturated heterocycles. The van der Waals surface area contributed by atoms with Gasteiger partial charge in [-0.2, -0.15) is 0 Å². The maximum absolute atomic E-state index is 9.82. The van der Waals surface area contributed by atoms with Crippen LogP contribution in [0.2, 0.25) is 0 Å². The molecule has 0 heterocycles. The molecule has 1 fully saturated rings. The number of rotatable bonds is 9. The van der Waals surface area contributed by atoms with Crippen LogP contribution in [0.3, 0.4) is 0 Å². The van der Waals surface area contributed by atoms with Crippen LogP contribution in [0.15, 0.2) is 52.0 Å². The zero-order valence-corrected chi connectivity index (χ0v) is 21.2. The summed E-state index contributed by atoms with van der Waals surface area (Å²) in [6, 6.07) is 8.48. The average Bonchev–Trinajstić information content (AvgIpc) is 3.17. The van der Waals surface area contributed by atoms with Gasteiger partial charge in [0.05, 0.1) is 0 Å².